The summed E-state index contributed by atoms with van der Waals surface area (Å²) in [6, 6.07) is 37.2. The molecule has 0 amide bonds. The number of nitrogens with one attached hydrogen (secondary N) is 2. The van der Waals surface area contributed by atoms with Gasteiger partial charge in [-0.05, 0) is 56.4 Å². The zero-order valence-electron chi connectivity index (χ0n) is 18.0. The molecule has 2 aromatic heterocycles. The summed E-state index contributed by atoms with van der Waals surface area (Å²) in [4.78, 5) is 7.05. The zero-order chi connectivity index (χ0) is 21.8. The smallest absolute Gasteiger partial charge is 0.0457 e. The number of aromatic amines is 2. The molecule has 2 heterocycles. The summed E-state index contributed by atoms with van der Waals surface area (Å²) in [5, 5.41) is 7.71. The summed E-state index contributed by atoms with van der Waals surface area (Å²) < 4.78 is 0. The van der Waals surface area contributed by atoms with Crippen molar-refractivity contribution in [2.24, 2.45) is 0 Å². The van der Waals surface area contributed by atoms with Crippen LogP contribution in [0.3, 0.4) is 0 Å². The Morgan fingerprint density at radius 2 is 0.909 bits per heavy atom. The Labute approximate surface area is 191 Å². The van der Waals surface area contributed by atoms with E-state index in [1.54, 1.807) is 0 Å². The van der Waals surface area contributed by atoms with E-state index >= 15 is 0 Å². The monoisotopic (exact) mass is 422 g/mol. The van der Waals surface area contributed by atoms with Crippen LogP contribution in [0.2, 0.25) is 0 Å². The minimum Gasteiger partial charge on any atom is -0.361 e. The predicted octanol–water partition coefficient (Wildman–Crippen LogP) is 8.14. The SMILES string of the molecule is c1ccc2c(c1)cc(C(c1c[nH]c3ccccc13)c1c[nH]c3ccccc13)c1ccccc12. The number of H-pyrrole nitrogens is 2. The number of aromatic nitrogens is 2. The molecule has 0 bridgehead atoms. The molecule has 2 N–H and O–H groups in total. The molecular formula is C31H22N2. The fourth-order valence-electron chi connectivity index (χ4n) is 5.49. The van der Waals surface area contributed by atoms with Gasteiger partial charge in [0.1, 0.15) is 0 Å². The summed E-state index contributed by atoms with van der Waals surface area (Å²) in [5.74, 6) is 0.0896. The van der Waals surface area contributed by atoms with Crippen LogP contribution in [0, 0.1) is 0 Å². The van der Waals surface area contributed by atoms with Gasteiger partial charge in [0.05, 0.1) is 0 Å². The second-order valence-corrected chi connectivity index (χ2v) is 8.74. The van der Waals surface area contributed by atoms with E-state index in [0.29, 0.717) is 0 Å². The highest BCUT2D eigenvalue weighted by atomic mass is 14.7. The molecule has 0 saturated heterocycles. The highest BCUT2D eigenvalue weighted by molar-refractivity contribution is 6.09. The van der Waals surface area contributed by atoms with Crippen LogP contribution >= 0.6 is 0 Å². The zero-order valence-corrected chi connectivity index (χ0v) is 18.0. The van der Waals surface area contributed by atoms with Crippen LogP contribution in [0.1, 0.15) is 22.6 Å². The number of para-hydroxylation sites is 2. The molecule has 7 aromatic rings. The lowest BCUT2D eigenvalue weighted by molar-refractivity contribution is 1.01. The summed E-state index contributed by atoms with van der Waals surface area (Å²) in [6.07, 6.45) is 4.39. The molecule has 0 aliphatic rings. The first-order chi connectivity index (χ1) is 16.4. The second kappa shape index (κ2) is 7.11. The molecule has 0 fully saturated rings. The number of rotatable bonds is 3. The van der Waals surface area contributed by atoms with E-state index in [1.165, 1.54) is 60.0 Å². The largest absolute Gasteiger partial charge is 0.361 e. The van der Waals surface area contributed by atoms with Gasteiger partial charge in [0, 0.05) is 40.1 Å². The van der Waals surface area contributed by atoms with Gasteiger partial charge in [-0.25, -0.2) is 0 Å². The highest BCUT2D eigenvalue weighted by Crippen LogP contribution is 2.43. The third-order valence-electron chi connectivity index (χ3n) is 6.98. The maximum absolute atomic E-state index is 3.52. The molecule has 0 aliphatic carbocycles. The third kappa shape index (κ3) is 2.74. The highest BCUT2D eigenvalue weighted by Gasteiger charge is 2.25. The van der Waals surface area contributed by atoms with Crippen molar-refractivity contribution in [3.05, 3.63) is 132 Å². The molecule has 0 radical (unpaired) electrons. The van der Waals surface area contributed by atoms with E-state index in [-0.39, 0.29) is 5.92 Å². The molecule has 2 nitrogen and oxygen atoms in total. The van der Waals surface area contributed by atoms with Crippen LogP contribution in [0.4, 0.5) is 0 Å². The molecule has 2 heteroatoms. The quantitative estimate of drug-likeness (QED) is 0.269. The first-order valence-electron chi connectivity index (χ1n) is 11.4. The van der Waals surface area contributed by atoms with Crippen LogP contribution in [0.15, 0.2) is 116 Å². The van der Waals surface area contributed by atoms with Crippen molar-refractivity contribution in [3.8, 4) is 0 Å². The third-order valence-corrected chi connectivity index (χ3v) is 6.98. The van der Waals surface area contributed by atoms with Crippen LogP contribution in [-0.2, 0) is 0 Å². The average Bonchev–Trinajstić information content (AvgIpc) is 3.50. The topological polar surface area (TPSA) is 31.6 Å². The lowest BCUT2D eigenvalue weighted by Crippen LogP contribution is -2.04. The minimum absolute atomic E-state index is 0.0896. The second-order valence-electron chi connectivity index (χ2n) is 8.74. The molecular weight excluding hydrogens is 400 g/mol. The van der Waals surface area contributed by atoms with Crippen LogP contribution in [0.25, 0.3) is 43.4 Å². The lowest BCUT2D eigenvalue weighted by atomic mass is 9.81. The maximum Gasteiger partial charge on any atom is 0.0457 e. The van der Waals surface area contributed by atoms with Gasteiger partial charge in [0.2, 0.25) is 0 Å². The van der Waals surface area contributed by atoms with Gasteiger partial charge in [0.25, 0.3) is 0 Å². The Hall–Kier alpha value is -4.30. The standard InChI is InChI=1S/C31H22N2/c1-2-10-21-20(9-1)17-26(23-12-4-3-11-22(21)23)31(27-18-32-29-15-7-5-13-24(27)29)28-19-33-30-16-8-6-14-25(28)30/h1-19,31-33H. The molecule has 0 atom stereocenters. The summed E-state index contributed by atoms with van der Waals surface area (Å²) in [7, 11) is 0. The molecule has 5 aromatic carbocycles. The van der Waals surface area contributed by atoms with E-state index in [2.05, 4.69) is 125 Å². The Morgan fingerprint density at radius 3 is 1.55 bits per heavy atom. The van der Waals surface area contributed by atoms with Crippen molar-refractivity contribution in [2.75, 3.05) is 0 Å². The molecule has 0 unspecified atom stereocenters. The maximum atomic E-state index is 3.52. The number of benzene rings is 5. The van der Waals surface area contributed by atoms with Gasteiger partial charge in [-0.3, -0.25) is 0 Å². The van der Waals surface area contributed by atoms with Gasteiger partial charge < -0.3 is 9.97 Å². The Bertz CT molecular complexity index is 1710. The number of fused-ring (bicyclic) bond motifs is 5. The van der Waals surface area contributed by atoms with E-state index in [0.717, 1.165) is 0 Å². The fourth-order valence-corrected chi connectivity index (χ4v) is 5.49. The normalized spacial score (nSPS) is 11.9. The molecule has 0 spiro atoms. The minimum atomic E-state index is 0.0896. The first-order valence-corrected chi connectivity index (χ1v) is 11.4. The summed E-state index contributed by atoms with van der Waals surface area (Å²) in [6.45, 7) is 0. The van der Waals surface area contributed by atoms with Crippen LogP contribution in [0.5, 0.6) is 0 Å². The molecule has 7 rings (SSSR count). The summed E-state index contributed by atoms with van der Waals surface area (Å²) >= 11 is 0. The van der Waals surface area contributed by atoms with E-state index in [9.17, 15) is 0 Å². The first kappa shape index (κ1) is 18.3. The molecule has 33 heavy (non-hydrogen) atoms. The number of hydrogen-bond donors (Lipinski definition) is 2. The van der Waals surface area contributed by atoms with Crippen molar-refractivity contribution < 1.29 is 0 Å². The number of hydrogen-bond acceptors (Lipinski definition) is 0. The van der Waals surface area contributed by atoms with Crippen molar-refractivity contribution in [1.82, 2.24) is 9.97 Å². The van der Waals surface area contributed by atoms with E-state index < -0.39 is 0 Å². The Balaban J connectivity index is 1.63. The fraction of sp³-hybridized carbons (Fsp3) is 0.0323. The molecule has 156 valence electrons. The van der Waals surface area contributed by atoms with Crippen molar-refractivity contribution >= 4 is 43.4 Å². The van der Waals surface area contributed by atoms with E-state index in [1.807, 2.05) is 0 Å². The average molecular weight is 423 g/mol. The Kier molecular flexibility index (Phi) is 3.94. The van der Waals surface area contributed by atoms with Crippen molar-refractivity contribution in [1.29, 1.82) is 0 Å². The summed E-state index contributed by atoms with van der Waals surface area (Å²) in [5.41, 5.74) is 6.27. The van der Waals surface area contributed by atoms with E-state index in [4.69, 9.17) is 0 Å². The molecule has 0 aliphatic heterocycles. The van der Waals surface area contributed by atoms with Gasteiger partial charge >= 0.3 is 0 Å². The van der Waals surface area contributed by atoms with Crippen LogP contribution in [-0.4, -0.2) is 9.97 Å². The van der Waals surface area contributed by atoms with Gasteiger partial charge in [-0.1, -0.05) is 84.9 Å². The van der Waals surface area contributed by atoms with Gasteiger partial charge in [-0.2, -0.15) is 0 Å². The van der Waals surface area contributed by atoms with Crippen molar-refractivity contribution in [2.45, 2.75) is 5.92 Å². The lowest BCUT2D eigenvalue weighted by Gasteiger charge is -2.21. The van der Waals surface area contributed by atoms with Crippen LogP contribution < -0.4 is 0 Å². The predicted molar refractivity (Wildman–Crippen MR) is 139 cm³/mol. The van der Waals surface area contributed by atoms with Gasteiger partial charge in [0.15, 0.2) is 0 Å². The van der Waals surface area contributed by atoms with Crippen molar-refractivity contribution in [3.63, 3.8) is 0 Å². The Morgan fingerprint density at radius 1 is 0.424 bits per heavy atom. The van der Waals surface area contributed by atoms with Gasteiger partial charge in [-0.15, -0.1) is 0 Å². The molecule has 0 saturated carbocycles.